The molecule has 3 rings (SSSR count). The summed E-state index contributed by atoms with van der Waals surface area (Å²) < 4.78 is 5.42. The van der Waals surface area contributed by atoms with Crippen LogP contribution in [-0.4, -0.2) is 43.0 Å². The fourth-order valence-corrected chi connectivity index (χ4v) is 4.07. The zero-order valence-electron chi connectivity index (χ0n) is 15.5. The van der Waals surface area contributed by atoms with E-state index in [9.17, 15) is 9.59 Å². The molecule has 2 atom stereocenters. The summed E-state index contributed by atoms with van der Waals surface area (Å²) in [5.74, 6) is 0.586. The van der Waals surface area contributed by atoms with Crippen LogP contribution in [-0.2, 0) is 9.59 Å². The van der Waals surface area contributed by atoms with Gasteiger partial charge in [-0.25, -0.2) is 0 Å². The molecule has 136 valence electrons. The van der Waals surface area contributed by atoms with E-state index in [4.69, 9.17) is 4.74 Å². The molecule has 0 bridgehead atoms. The largest absolute Gasteiger partial charge is 0.495 e. The van der Waals surface area contributed by atoms with E-state index in [0.717, 1.165) is 37.1 Å². The molecular formula is C20H28N2O3. The molecule has 0 unspecified atom stereocenters. The van der Waals surface area contributed by atoms with Crippen LogP contribution in [0.25, 0.3) is 0 Å². The predicted octanol–water partition coefficient (Wildman–Crippen LogP) is 3.15. The number of piperidine rings is 1. The summed E-state index contributed by atoms with van der Waals surface area (Å²) in [6.45, 7) is 5.41. The molecule has 2 fully saturated rings. The first-order valence-corrected chi connectivity index (χ1v) is 9.30. The second kappa shape index (κ2) is 7.46. The van der Waals surface area contributed by atoms with Gasteiger partial charge in [-0.05, 0) is 50.3 Å². The van der Waals surface area contributed by atoms with Gasteiger partial charge in [0, 0.05) is 25.6 Å². The molecule has 5 heteroatoms. The Morgan fingerprint density at radius 2 is 2.12 bits per heavy atom. The van der Waals surface area contributed by atoms with Gasteiger partial charge in [-0.15, -0.1) is 0 Å². The number of methoxy groups -OCH3 is 1. The lowest BCUT2D eigenvalue weighted by atomic mass is 9.97. The van der Waals surface area contributed by atoms with Crippen molar-refractivity contribution < 1.29 is 14.3 Å². The van der Waals surface area contributed by atoms with Gasteiger partial charge in [0.2, 0.25) is 11.8 Å². The molecule has 1 aromatic rings. The molecule has 0 spiro atoms. The van der Waals surface area contributed by atoms with Crippen LogP contribution < -0.4 is 9.64 Å². The second-order valence-electron chi connectivity index (χ2n) is 7.17. The monoisotopic (exact) mass is 344 g/mol. The normalized spacial score (nSPS) is 23.9. The number of hydrogen-bond acceptors (Lipinski definition) is 3. The van der Waals surface area contributed by atoms with Gasteiger partial charge in [0.1, 0.15) is 5.75 Å². The van der Waals surface area contributed by atoms with Gasteiger partial charge < -0.3 is 14.5 Å². The van der Waals surface area contributed by atoms with E-state index >= 15 is 0 Å². The number of anilines is 1. The van der Waals surface area contributed by atoms with Crippen molar-refractivity contribution in [3.63, 3.8) is 0 Å². The summed E-state index contributed by atoms with van der Waals surface area (Å²) >= 11 is 0. The van der Waals surface area contributed by atoms with Crippen LogP contribution in [0.3, 0.4) is 0 Å². The highest BCUT2D eigenvalue weighted by molar-refractivity contribution is 6.01. The standard InChI is InChI=1S/C20H28N2O3/c1-4-16-7-5-6-10-21(16)20(24)15-12-19(23)22(13-15)17-11-14(2)8-9-18(17)25-3/h8-9,11,15-16H,4-7,10,12-13H2,1-3H3/t15-,16-/m1/s1. The lowest BCUT2D eigenvalue weighted by Crippen LogP contribution is -2.46. The Labute approximate surface area is 149 Å². The number of carbonyl (C=O) groups is 2. The molecule has 0 saturated carbocycles. The maximum Gasteiger partial charge on any atom is 0.228 e. The third kappa shape index (κ3) is 3.51. The van der Waals surface area contributed by atoms with Crippen LogP contribution in [0.2, 0.25) is 0 Å². The fraction of sp³-hybridized carbons (Fsp3) is 0.600. The highest BCUT2D eigenvalue weighted by Crippen LogP contribution is 2.35. The lowest BCUT2D eigenvalue weighted by molar-refractivity contribution is -0.139. The summed E-state index contributed by atoms with van der Waals surface area (Å²) in [5.41, 5.74) is 1.84. The predicted molar refractivity (Wildman–Crippen MR) is 97.8 cm³/mol. The molecule has 5 nitrogen and oxygen atoms in total. The van der Waals surface area contributed by atoms with Crippen molar-refractivity contribution in [2.45, 2.75) is 52.0 Å². The summed E-state index contributed by atoms with van der Waals surface area (Å²) in [7, 11) is 1.61. The van der Waals surface area contributed by atoms with E-state index in [1.165, 1.54) is 6.42 Å². The van der Waals surface area contributed by atoms with E-state index in [0.29, 0.717) is 24.8 Å². The van der Waals surface area contributed by atoms with E-state index in [1.807, 2.05) is 30.0 Å². The molecule has 1 aromatic carbocycles. The highest BCUT2D eigenvalue weighted by Gasteiger charge is 2.39. The number of likely N-dealkylation sites (tertiary alicyclic amines) is 1. The smallest absolute Gasteiger partial charge is 0.228 e. The summed E-state index contributed by atoms with van der Waals surface area (Å²) in [6, 6.07) is 6.13. The Bertz CT molecular complexity index is 658. The third-order valence-corrected chi connectivity index (χ3v) is 5.48. The van der Waals surface area contributed by atoms with E-state index < -0.39 is 0 Å². The minimum absolute atomic E-state index is 0.00677. The van der Waals surface area contributed by atoms with Gasteiger partial charge >= 0.3 is 0 Å². The van der Waals surface area contributed by atoms with Crippen LogP contribution in [0, 0.1) is 12.8 Å². The van der Waals surface area contributed by atoms with Gasteiger partial charge in [-0.3, -0.25) is 9.59 Å². The van der Waals surface area contributed by atoms with Crippen LogP contribution >= 0.6 is 0 Å². The first kappa shape index (κ1) is 17.8. The molecule has 0 aliphatic carbocycles. The first-order chi connectivity index (χ1) is 12.0. The van der Waals surface area contributed by atoms with E-state index in [2.05, 4.69) is 6.92 Å². The summed E-state index contributed by atoms with van der Waals surface area (Å²) in [4.78, 5) is 29.4. The van der Waals surface area contributed by atoms with Crippen molar-refractivity contribution in [3.05, 3.63) is 23.8 Å². The van der Waals surface area contributed by atoms with Crippen molar-refractivity contribution in [1.82, 2.24) is 4.90 Å². The number of ether oxygens (including phenoxy) is 1. The molecule has 2 aliphatic rings. The van der Waals surface area contributed by atoms with E-state index in [-0.39, 0.29) is 17.7 Å². The van der Waals surface area contributed by atoms with Crippen LogP contribution in [0.1, 0.15) is 44.6 Å². The van der Waals surface area contributed by atoms with Gasteiger partial charge in [0.25, 0.3) is 0 Å². The topological polar surface area (TPSA) is 49.9 Å². The van der Waals surface area contributed by atoms with Crippen LogP contribution in [0.4, 0.5) is 5.69 Å². The van der Waals surface area contributed by atoms with Crippen LogP contribution in [0.15, 0.2) is 18.2 Å². The van der Waals surface area contributed by atoms with Crippen molar-refractivity contribution >= 4 is 17.5 Å². The highest BCUT2D eigenvalue weighted by atomic mass is 16.5. The van der Waals surface area contributed by atoms with Crippen molar-refractivity contribution in [2.24, 2.45) is 5.92 Å². The van der Waals surface area contributed by atoms with Crippen molar-refractivity contribution in [3.8, 4) is 5.75 Å². The number of nitrogens with zero attached hydrogens (tertiary/aromatic N) is 2. The molecule has 2 aliphatic heterocycles. The van der Waals surface area contributed by atoms with Gasteiger partial charge in [0.15, 0.2) is 0 Å². The summed E-state index contributed by atoms with van der Waals surface area (Å²) in [6.07, 6.45) is 4.62. The number of benzene rings is 1. The number of rotatable bonds is 4. The Morgan fingerprint density at radius 3 is 2.84 bits per heavy atom. The molecule has 0 radical (unpaired) electrons. The van der Waals surface area contributed by atoms with Crippen molar-refractivity contribution in [2.75, 3.05) is 25.1 Å². The minimum Gasteiger partial charge on any atom is -0.495 e. The fourth-order valence-electron chi connectivity index (χ4n) is 4.07. The molecule has 0 aromatic heterocycles. The Kier molecular flexibility index (Phi) is 5.30. The average molecular weight is 344 g/mol. The SMILES string of the molecule is CC[C@@H]1CCCCN1C(=O)[C@@H]1CC(=O)N(c2cc(C)ccc2OC)C1. The molecule has 2 amide bonds. The maximum atomic E-state index is 13.0. The lowest BCUT2D eigenvalue weighted by Gasteiger charge is -2.36. The molecule has 0 N–H and O–H groups in total. The Morgan fingerprint density at radius 1 is 1.32 bits per heavy atom. The molecule has 25 heavy (non-hydrogen) atoms. The van der Waals surface area contributed by atoms with Gasteiger partial charge in [0.05, 0.1) is 18.7 Å². The van der Waals surface area contributed by atoms with E-state index in [1.54, 1.807) is 12.0 Å². The molecule has 2 heterocycles. The Balaban J connectivity index is 1.78. The van der Waals surface area contributed by atoms with Gasteiger partial charge in [-0.1, -0.05) is 13.0 Å². The third-order valence-electron chi connectivity index (χ3n) is 5.48. The summed E-state index contributed by atoms with van der Waals surface area (Å²) in [5, 5.41) is 0. The Hall–Kier alpha value is -2.04. The second-order valence-corrected chi connectivity index (χ2v) is 7.17. The maximum absolute atomic E-state index is 13.0. The quantitative estimate of drug-likeness (QED) is 0.843. The number of carbonyl (C=O) groups excluding carboxylic acids is 2. The molecular weight excluding hydrogens is 316 g/mol. The van der Waals surface area contributed by atoms with Crippen molar-refractivity contribution in [1.29, 1.82) is 0 Å². The number of hydrogen-bond donors (Lipinski definition) is 0. The zero-order valence-corrected chi connectivity index (χ0v) is 15.5. The molecule has 2 saturated heterocycles. The average Bonchev–Trinajstić information content (AvgIpc) is 3.02. The van der Waals surface area contributed by atoms with Crippen LogP contribution in [0.5, 0.6) is 5.75 Å². The minimum atomic E-state index is -0.245. The zero-order chi connectivity index (χ0) is 18.0. The van der Waals surface area contributed by atoms with Gasteiger partial charge in [-0.2, -0.15) is 0 Å². The first-order valence-electron chi connectivity index (χ1n) is 9.30. The number of aryl methyl sites for hydroxylation is 1. The number of amides is 2.